The first-order valence-electron chi connectivity index (χ1n) is 8.46. The molecule has 0 unspecified atom stereocenters. The topological polar surface area (TPSA) is 61.6 Å². The van der Waals surface area contributed by atoms with Gasteiger partial charge in [0.25, 0.3) is 0 Å². The Morgan fingerprint density at radius 3 is 2.50 bits per heavy atom. The lowest BCUT2D eigenvalue weighted by atomic mass is 10.1. The molecule has 1 heterocycles. The number of carbonyl (C=O) groups excluding carboxylic acids is 1. The molecule has 0 spiro atoms. The largest absolute Gasteiger partial charge is 0.493 e. The van der Waals surface area contributed by atoms with E-state index in [4.69, 9.17) is 9.15 Å². The van der Waals surface area contributed by atoms with Crippen molar-refractivity contribution < 1.29 is 18.7 Å². The zero-order chi connectivity index (χ0) is 18.4. The minimum Gasteiger partial charge on any atom is -0.493 e. The average molecular weight is 351 g/mol. The minimum absolute atomic E-state index is 0.255. The van der Waals surface area contributed by atoms with E-state index in [2.05, 4.69) is 9.72 Å². The van der Waals surface area contributed by atoms with Gasteiger partial charge in [0.05, 0.1) is 25.8 Å². The molecule has 0 aliphatic rings. The predicted octanol–water partition coefficient (Wildman–Crippen LogP) is 3.99. The Bertz CT molecular complexity index is 853. The van der Waals surface area contributed by atoms with Gasteiger partial charge in [-0.15, -0.1) is 0 Å². The van der Waals surface area contributed by atoms with E-state index in [-0.39, 0.29) is 12.4 Å². The van der Waals surface area contributed by atoms with Crippen LogP contribution in [0.25, 0.3) is 11.5 Å². The molecule has 5 nitrogen and oxygen atoms in total. The van der Waals surface area contributed by atoms with Gasteiger partial charge in [0.2, 0.25) is 5.89 Å². The summed E-state index contributed by atoms with van der Waals surface area (Å²) in [5, 5.41) is 0. The maximum Gasteiger partial charge on any atom is 0.309 e. The number of rotatable bonds is 7. The molecule has 0 aliphatic carbocycles. The van der Waals surface area contributed by atoms with E-state index >= 15 is 0 Å². The fourth-order valence-electron chi connectivity index (χ4n) is 2.57. The first-order chi connectivity index (χ1) is 12.7. The zero-order valence-electron chi connectivity index (χ0n) is 14.9. The summed E-state index contributed by atoms with van der Waals surface area (Å²) in [6, 6.07) is 17.3. The molecule has 1 aromatic heterocycles. The Kier molecular flexibility index (Phi) is 5.69. The van der Waals surface area contributed by atoms with Gasteiger partial charge in [0.15, 0.2) is 0 Å². The van der Waals surface area contributed by atoms with E-state index < -0.39 is 0 Å². The number of methoxy groups -OCH3 is 1. The van der Waals surface area contributed by atoms with Crippen LogP contribution < -0.4 is 4.74 Å². The van der Waals surface area contributed by atoms with Gasteiger partial charge >= 0.3 is 5.97 Å². The van der Waals surface area contributed by atoms with E-state index in [1.807, 2.05) is 61.5 Å². The van der Waals surface area contributed by atoms with Crippen LogP contribution in [0, 0.1) is 6.92 Å². The van der Waals surface area contributed by atoms with Gasteiger partial charge in [-0.3, -0.25) is 4.79 Å². The Balaban J connectivity index is 1.55. The molecule has 0 saturated carbocycles. The summed E-state index contributed by atoms with van der Waals surface area (Å²) in [4.78, 5) is 15.8. The molecular formula is C21H21NO4. The van der Waals surface area contributed by atoms with E-state index in [0.717, 1.165) is 28.3 Å². The molecular weight excluding hydrogens is 330 g/mol. The van der Waals surface area contributed by atoms with Crippen LogP contribution in [0.2, 0.25) is 0 Å². The number of esters is 1. The third-order valence-corrected chi connectivity index (χ3v) is 4.02. The maximum atomic E-state index is 11.3. The van der Waals surface area contributed by atoms with Gasteiger partial charge in [-0.1, -0.05) is 30.3 Å². The molecule has 2 aromatic carbocycles. The lowest BCUT2D eigenvalue weighted by Gasteiger charge is -2.06. The summed E-state index contributed by atoms with van der Waals surface area (Å²) in [6.45, 7) is 2.41. The predicted molar refractivity (Wildman–Crippen MR) is 98.0 cm³/mol. The highest BCUT2D eigenvalue weighted by Crippen LogP contribution is 2.22. The Hall–Kier alpha value is -3.08. The molecule has 0 amide bonds. The minimum atomic E-state index is -0.255. The standard InChI is InChI=1S/C21H21NO4/c1-15-19(22-21(26-15)17-6-4-3-5-7-17)12-13-25-18-10-8-16(9-11-18)14-20(23)24-2/h3-11H,12-14H2,1-2H3. The van der Waals surface area contributed by atoms with Crippen molar-refractivity contribution in [3.05, 3.63) is 71.6 Å². The smallest absolute Gasteiger partial charge is 0.309 e. The number of benzene rings is 2. The molecule has 134 valence electrons. The highest BCUT2D eigenvalue weighted by atomic mass is 16.5. The van der Waals surface area contributed by atoms with E-state index in [1.54, 1.807) is 0 Å². The normalized spacial score (nSPS) is 10.5. The molecule has 3 rings (SSSR count). The number of hydrogen-bond donors (Lipinski definition) is 0. The van der Waals surface area contributed by atoms with Crippen molar-refractivity contribution in [2.75, 3.05) is 13.7 Å². The summed E-state index contributed by atoms with van der Waals surface area (Å²) in [6.07, 6.45) is 0.920. The second kappa shape index (κ2) is 8.34. The van der Waals surface area contributed by atoms with Crippen molar-refractivity contribution in [1.29, 1.82) is 0 Å². The average Bonchev–Trinajstić information content (AvgIpc) is 3.04. The van der Waals surface area contributed by atoms with E-state index in [1.165, 1.54) is 7.11 Å². The zero-order valence-corrected chi connectivity index (χ0v) is 14.9. The van der Waals surface area contributed by atoms with E-state index in [9.17, 15) is 4.79 Å². The summed E-state index contributed by atoms with van der Waals surface area (Å²) >= 11 is 0. The monoisotopic (exact) mass is 351 g/mol. The van der Waals surface area contributed by atoms with Crippen LogP contribution in [0.1, 0.15) is 17.0 Å². The quantitative estimate of drug-likeness (QED) is 0.602. The van der Waals surface area contributed by atoms with Gasteiger partial charge in [0.1, 0.15) is 11.5 Å². The van der Waals surface area contributed by atoms with Crippen LogP contribution >= 0.6 is 0 Å². The van der Waals surface area contributed by atoms with Crippen LogP contribution in [-0.2, 0) is 22.4 Å². The second-order valence-corrected chi connectivity index (χ2v) is 5.88. The number of hydrogen-bond acceptors (Lipinski definition) is 5. The third-order valence-electron chi connectivity index (χ3n) is 4.02. The van der Waals surface area contributed by atoms with Gasteiger partial charge in [-0.2, -0.15) is 0 Å². The summed E-state index contributed by atoms with van der Waals surface area (Å²) in [7, 11) is 1.38. The van der Waals surface area contributed by atoms with Crippen molar-refractivity contribution in [2.24, 2.45) is 0 Å². The molecule has 0 atom stereocenters. The van der Waals surface area contributed by atoms with Crippen molar-refractivity contribution in [1.82, 2.24) is 4.98 Å². The van der Waals surface area contributed by atoms with Crippen LogP contribution in [0.15, 0.2) is 59.0 Å². The molecule has 3 aromatic rings. The number of nitrogens with zero attached hydrogens (tertiary/aromatic N) is 1. The Labute approximate surface area is 152 Å². The van der Waals surface area contributed by atoms with Crippen LogP contribution in [0.4, 0.5) is 0 Å². The second-order valence-electron chi connectivity index (χ2n) is 5.88. The molecule has 0 bridgehead atoms. The lowest BCUT2D eigenvalue weighted by molar-refractivity contribution is -0.139. The number of ether oxygens (including phenoxy) is 2. The summed E-state index contributed by atoms with van der Waals surface area (Å²) < 4.78 is 16.2. The van der Waals surface area contributed by atoms with Gasteiger partial charge in [0, 0.05) is 12.0 Å². The first-order valence-corrected chi connectivity index (χ1v) is 8.46. The van der Waals surface area contributed by atoms with Crippen molar-refractivity contribution in [3.8, 4) is 17.2 Å². The van der Waals surface area contributed by atoms with Crippen LogP contribution in [0.5, 0.6) is 5.75 Å². The third kappa shape index (κ3) is 4.51. The number of oxazole rings is 1. The number of carbonyl (C=O) groups is 1. The molecule has 5 heteroatoms. The number of aromatic nitrogens is 1. The highest BCUT2D eigenvalue weighted by Gasteiger charge is 2.11. The summed E-state index contributed by atoms with van der Waals surface area (Å²) in [5.41, 5.74) is 2.75. The molecule has 0 saturated heterocycles. The van der Waals surface area contributed by atoms with Crippen molar-refractivity contribution in [2.45, 2.75) is 19.8 Å². The molecule has 0 N–H and O–H groups in total. The number of aryl methyl sites for hydroxylation is 1. The van der Waals surface area contributed by atoms with Crippen molar-refractivity contribution >= 4 is 5.97 Å². The highest BCUT2D eigenvalue weighted by molar-refractivity contribution is 5.72. The van der Waals surface area contributed by atoms with Gasteiger partial charge in [-0.25, -0.2) is 4.98 Å². The SMILES string of the molecule is COC(=O)Cc1ccc(OCCc2nc(-c3ccccc3)oc2C)cc1. The molecule has 0 radical (unpaired) electrons. The Morgan fingerprint density at radius 2 is 1.81 bits per heavy atom. The van der Waals surface area contributed by atoms with Crippen LogP contribution in [0.3, 0.4) is 0 Å². The first kappa shape index (κ1) is 17.7. The van der Waals surface area contributed by atoms with Gasteiger partial charge in [-0.05, 0) is 36.8 Å². The van der Waals surface area contributed by atoms with Crippen molar-refractivity contribution in [3.63, 3.8) is 0 Å². The van der Waals surface area contributed by atoms with E-state index in [0.29, 0.717) is 18.9 Å². The lowest BCUT2D eigenvalue weighted by Crippen LogP contribution is -2.05. The summed E-state index contributed by atoms with van der Waals surface area (Å²) in [5.74, 6) is 1.93. The fraction of sp³-hybridized carbons (Fsp3) is 0.238. The molecule has 0 fully saturated rings. The molecule has 0 aliphatic heterocycles. The molecule has 26 heavy (non-hydrogen) atoms. The maximum absolute atomic E-state index is 11.3. The van der Waals surface area contributed by atoms with Crippen LogP contribution in [-0.4, -0.2) is 24.7 Å². The Morgan fingerprint density at radius 1 is 1.08 bits per heavy atom. The fourth-order valence-corrected chi connectivity index (χ4v) is 2.57. The van der Waals surface area contributed by atoms with Gasteiger partial charge < -0.3 is 13.9 Å².